The third-order valence-electron chi connectivity index (χ3n) is 1.50. The first-order chi connectivity index (χ1) is 5.74. The third-order valence-corrected chi connectivity index (χ3v) is 1.50. The van der Waals surface area contributed by atoms with Gasteiger partial charge in [0, 0.05) is 11.3 Å². The normalized spacial score (nSPS) is 9.33. The van der Waals surface area contributed by atoms with Gasteiger partial charge in [0.1, 0.15) is 6.29 Å². The van der Waals surface area contributed by atoms with Crippen LogP contribution in [0, 0.1) is 0 Å². The van der Waals surface area contributed by atoms with Gasteiger partial charge in [-0.25, -0.2) is 0 Å². The molecule has 1 rings (SSSR count). The second kappa shape index (κ2) is 3.67. The summed E-state index contributed by atoms with van der Waals surface area (Å²) in [6.45, 7) is 0. The van der Waals surface area contributed by atoms with Gasteiger partial charge in [0.15, 0.2) is 5.78 Å². The quantitative estimate of drug-likeness (QED) is 0.313. The van der Waals surface area contributed by atoms with Gasteiger partial charge < -0.3 is 10.5 Å². The third kappa shape index (κ3) is 1.92. The van der Waals surface area contributed by atoms with Crippen LogP contribution in [-0.2, 0) is 4.79 Å². The zero-order chi connectivity index (χ0) is 8.97. The summed E-state index contributed by atoms with van der Waals surface area (Å²) in [5.74, 6) is -0.176. The molecule has 0 aliphatic carbocycles. The van der Waals surface area contributed by atoms with Crippen LogP contribution in [0.4, 0.5) is 5.69 Å². The molecule has 0 atom stereocenters. The Morgan fingerprint density at radius 1 is 1.33 bits per heavy atom. The van der Waals surface area contributed by atoms with Crippen LogP contribution in [0.1, 0.15) is 16.8 Å². The largest absolute Gasteiger partial charge is 0.399 e. The average Bonchev–Trinajstić information content (AvgIpc) is 2.06. The molecule has 0 aliphatic rings. The van der Waals surface area contributed by atoms with Crippen molar-refractivity contribution in [2.75, 3.05) is 5.73 Å². The molecule has 2 N–H and O–H groups in total. The molecule has 0 heterocycles. The summed E-state index contributed by atoms with van der Waals surface area (Å²) in [4.78, 5) is 21.1. The van der Waals surface area contributed by atoms with E-state index in [0.717, 1.165) is 0 Å². The van der Waals surface area contributed by atoms with Crippen molar-refractivity contribution >= 4 is 17.8 Å². The number of carbonyl (C=O) groups is 2. The zero-order valence-electron chi connectivity index (χ0n) is 6.49. The highest BCUT2D eigenvalue weighted by atomic mass is 16.1. The van der Waals surface area contributed by atoms with Crippen LogP contribution in [0.2, 0.25) is 0 Å². The summed E-state index contributed by atoms with van der Waals surface area (Å²) in [6.07, 6.45) is 0.530. The fraction of sp³-hybridized carbons (Fsp3) is 0.111. The predicted octanol–water partition coefficient (Wildman–Crippen LogP) is 1.04. The lowest BCUT2D eigenvalue weighted by atomic mass is 10.1. The minimum absolute atomic E-state index is 0.0656. The van der Waals surface area contributed by atoms with Crippen molar-refractivity contribution in [3.8, 4) is 0 Å². The monoisotopic (exact) mass is 163 g/mol. The molecular weight excluding hydrogens is 154 g/mol. The molecule has 0 spiro atoms. The van der Waals surface area contributed by atoms with E-state index in [-0.39, 0.29) is 12.2 Å². The van der Waals surface area contributed by atoms with Crippen molar-refractivity contribution in [2.24, 2.45) is 0 Å². The molecule has 62 valence electrons. The number of ketones is 1. The summed E-state index contributed by atoms with van der Waals surface area (Å²) >= 11 is 0. The summed E-state index contributed by atoms with van der Waals surface area (Å²) in [7, 11) is 0. The van der Waals surface area contributed by atoms with Gasteiger partial charge in [-0.3, -0.25) is 4.79 Å². The molecule has 0 amide bonds. The number of anilines is 1. The highest BCUT2D eigenvalue weighted by Gasteiger charge is 2.02. The van der Waals surface area contributed by atoms with Crippen LogP contribution in [0.5, 0.6) is 0 Å². The molecule has 1 aromatic carbocycles. The van der Waals surface area contributed by atoms with Gasteiger partial charge in [-0.15, -0.1) is 0 Å². The maximum atomic E-state index is 11.1. The molecule has 0 unspecified atom stereocenters. The highest BCUT2D eigenvalue weighted by Crippen LogP contribution is 2.06. The molecule has 0 aliphatic heterocycles. The fourth-order valence-electron chi connectivity index (χ4n) is 0.863. The molecule has 0 bridgehead atoms. The van der Waals surface area contributed by atoms with Gasteiger partial charge in [0.05, 0.1) is 6.42 Å². The van der Waals surface area contributed by atoms with Crippen molar-refractivity contribution in [2.45, 2.75) is 6.42 Å². The van der Waals surface area contributed by atoms with Gasteiger partial charge in [0.25, 0.3) is 0 Å². The Morgan fingerprint density at radius 2 is 1.92 bits per heavy atom. The second-order valence-corrected chi connectivity index (χ2v) is 2.42. The molecule has 0 aromatic heterocycles. The first-order valence-corrected chi connectivity index (χ1v) is 3.56. The summed E-state index contributed by atoms with van der Waals surface area (Å²) < 4.78 is 0. The number of Topliss-reactive ketones (excluding diaryl/α,β-unsaturated/α-hetero) is 1. The van der Waals surface area contributed by atoms with E-state index in [0.29, 0.717) is 17.5 Å². The first-order valence-electron chi connectivity index (χ1n) is 3.56. The van der Waals surface area contributed by atoms with Crippen molar-refractivity contribution in [1.82, 2.24) is 0 Å². The fourth-order valence-corrected chi connectivity index (χ4v) is 0.863. The lowest BCUT2D eigenvalue weighted by Crippen LogP contribution is -1.99. The van der Waals surface area contributed by atoms with Crippen molar-refractivity contribution in [3.05, 3.63) is 29.8 Å². The average molecular weight is 163 g/mol. The molecule has 0 saturated carbocycles. The number of hydrogen-bond acceptors (Lipinski definition) is 3. The van der Waals surface area contributed by atoms with E-state index >= 15 is 0 Å². The molecule has 0 fully saturated rings. The SMILES string of the molecule is Nc1ccc(C(=O)CC=O)cc1. The Hall–Kier alpha value is -1.64. The number of benzene rings is 1. The van der Waals surface area contributed by atoms with Crippen LogP contribution >= 0.6 is 0 Å². The van der Waals surface area contributed by atoms with E-state index < -0.39 is 0 Å². The van der Waals surface area contributed by atoms with Gasteiger partial charge >= 0.3 is 0 Å². The Balaban J connectivity index is 2.82. The maximum absolute atomic E-state index is 11.1. The van der Waals surface area contributed by atoms with Gasteiger partial charge in [-0.1, -0.05) is 0 Å². The smallest absolute Gasteiger partial charge is 0.169 e. The zero-order valence-corrected chi connectivity index (χ0v) is 6.49. The van der Waals surface area contributed by atoms with Crippen LogP contribution in [0.25, 0.3) is 0 Å². The van der Waals surface area contributed by atoms with E-state index in [1.165, 1.54) is 0 Å². The van der Waals surface area contributed by atoms with E-state index in [4.69, 9.17) is 5.73 Å². The molecule has 0 saturated heterocycles. The van der Waals surface area contributed by atoms with E-state index in [1.54, 1.807) is 24.3 Å². The number of nitrogens with two attached hydrogens (primary N) is 1. The van der Waals surface area contributed by atoms with Gasteiger partial charge in [0.2, 0.25) is 0 Å². The molecule has 3 heteroatoms. The van der Waals surface area contributed by atoms with E-state index in [1.807, 2.05) is 0 Å². The van der Waals surface area contributed by atoms with Crippen molar-refractivity contribution in [1.29, 1.82) is 0 Å². The minimum Gasteiger partial charge on any atom is -0.399 e. The Labute approximate surface area is 70.2 Å². The molecule has 3 nitrogen and oxygen atoms in total. The Bertz CT molecular complexity index is 290. The summed E-state index contributed by atoms with van der Waals surface area (Å²) in [5, 5.41) is 0. The number of hydrogen-bond donors (Lipinski definition) is 1. The summed E-state index contributed by atoms with van der Waals surface area (Å²) in [5.41, 5.74) is 6.55. The maximum Gasteiger partial charge on any atom is 0.169 e. The topological polar surface area (TPSA) is 60.2 Å². The van der Waals surface area contributed by atoms with Gasteiger partial charge in [-0.05, 0) is 24.3 Å². The van der Waals surface area contributed by atoms with Crippen LogP contribution in [0.15, 0.2) is 24.3 Å². The molecule has 1 aromatic rings. The second-order valence-electron chi connectivity index (χ2n) is 2.42. The Kier molecular flexibility index (Phi) is 2.58. The molecule has 12 heavy (non-hydrogen) atoms. The minimum atomic E-state index is -0.176. The van der Waals surface area contributed by atoms with E-state index in [2.05, 4.69) is 0 Å². The van der Waals surface area contributed by atoms with Gasteiger partial charge in [-0.2, -0.15) is 0 Å². The predicted molar refractivity (Wildman–Crippen MR) is 45.9 cm³/mol. The molecular formula is C9H9NO2. The van der Waals surface area contributed by atoms with Crippen LogP contribution < -0.4 is 5.73 Å². The number of rotatable bonds is 3. The summed E-state index contributed by atoms with van der Waals surface area (Å²) in [6, 6.07) is 6.50. The van der Waals surface area contributed by atoms with Crippen molar-refractivity contribution < 1.29 is 9.59 Å². The lowest BCUT2D eigenvalue weighted by molar-refractivity contribution is -0.107. The number of aldehydes is 1. The molecule has 0 radical (unpaired) electrons. The van der Waals surface area contributed by atoms with Crippen LogP contribution in [0.3, 0.4) is 0 Å². The Morgan fingerprint density at radius 3 is 2.42 bits per heavy atom. The lowest BCUT2D eigenvalue weighted by Gasteiger charge is -1.96. The standard InChI is InChI=1S/C9H9NO2/c10-8-3-1-7(2-4-8)9(12)5-6-11/h1-4,6H,5,10H2. The number of nitrogen functional groups attached to an aromatic ring is 1. The van der Waals surface area contributed by atoms with E-state index in [9.17, 15) is 9.59 Å². The highest BCUT2D eigenvalue weighted by molar-refractivity contribution is 6.02. The van der Waals surface area contributed by atoms with Crippen molar-refractivity contribution in [3.63, 3.8) is 0 Å². The number of carbonyl (C=O) groups excluding carboxylic acids is 2. The van der Waals surface area contributed by atoms with Crippen LogP contribution in [-0.4, -0.2) is 12.1 Å². The first kappa shape index (κ1) is 8.46.